The van der Waals surface area contributed by atoms with Crippen LogP contribution in [0.1, 0.15) is 38.7 Å². The average Bonchev–Trinajstić information content (AvgIpc) is 3.42. The maximum Gasteiger partial charge on any atom is 0.336 e. The van der Waals surface area contributed by atoms with Gasteiger partial charge in [-0.25, -0.2) is 4.79 Å². The SMILES string of the molecule is COc1cc(C(=O)N2CC(O)C[C@@H]2c2ccccc2C(=O)O)ccc1-c1cn[nH]c1. The van der Waals surface area contributed by atoms with E-state index in [1.54, 1.807) is 48.8 Å². The summed E-state index contributed by atoms with van der Waals surface area (Å²) in [6, 6.07) is 11.2. The number of rotatable bonds is 5. The van der Waals surface area contributed by atoms with Gasteiger partial charge in [-0.2, -0.15) is 5.10 Å². The lowest BCUT2D eigenvalue weighted by Crippen LogP contribution is -2.32. The van der Waals surface area contributed by atoms with Gasteiger partial charge in [-0.3, -0.25) is 9.89 Å². The first kappa shape index (κ1) is 19.7. The zero-order valence-electron chi connectivity index (χ0n) is 16.3. The number of carboxylic acid groups (broad SMARTS) is 1. The van der Waals surface area contributed by atoms with E-state index in [2.05, 4.69) is 10.2 Å². The second-order valence-electron chi connectivity index (χ2n) is 7.16. The Morgan fingerprint density at radius 1 is 1.23 bits per heavy atom. The second kappa shape index (κ2) is 8.00. The third kappa shape index (κ3) is 3.53. The number of hydrogen-bond acceptors (Lipinski definition) is 5. The third-order valence-electron chi connectivity index (χ3n) is 5.35. The van der Waals surface area contributed by atoms with Gasteiger partial charge >= 0.3 is 5.97 Å². The third-order valence-corrected chi connectivity index (χ3v) is 5.35. The second-order valence-corrected chi connectivity index (χ2v) is 7.16. The van der Waals surface area contributed by atoms with E-state index in [0.29, 0.717) is 16.9 Å². The number of aliphatic hydroxyl groups excluding tert-OH is 1. The molecule has 8 nitrogen and oxygen atoms in total. The summed E-state index contributed by atoms with van der Waals surface area (Å²) >= 11 is 0. The van der Waals surface area contributed by atoms with Crippen LogP contribution in [0.25, 0.3) is 11.1 Å². The number of methoxy groups -OCH3 is 1. The van der Waals surface area contributed by atoms with Gasteiger partial charge in [0.05, 0.1) is 31.0 Å². The van der Waals surface area contributed by atoms with Gasteiger partial charge in [0.2, 0.25) is 0 Å². The van der Waals surface area contributed by atoms with Gasteiger partial charge in [-0.1, -0.05) is 18.2 Å². The molecule has 1 saturated heterocycles. The van der Waals surface area contributed by atoms with E-state index in [-0.39, 0.29) is 24.4 Å². The molecule has 0 radical (unpaired) electrons. The first-order valence-electron chi connectivity index (χ1n) is 9.48. The highest BCUT2D eigenvalue weighted by atomic mass is 16.5. The number of nitrogens with one attached hydrogen (secondary N) is 1. The van der Waals surface area contributed by atoms with Gasteiger partial charge in [-0.05, 0) is 36.2 Å². The molecular formula is C22H21N3O5. The lowest BCUT2D eigenvalue weighted by atomic mass is 9.97. The number of β-amino-alcohol motifs (C(OH)–C–C–N with tert-alkyl or cyclic N) is 1. The fourth-order valence-corrected chi connectivity index (χ4v) is 3.94. The molecule has 3 N–H and O–H groups in total. The van der Waals surface area contributed by atoms with Crippen LogP contribution in [0.15, 0.2) is 54.9 Å². The number of amides is 1. The molecule has 1 aliphatic heterocycles. The number of carbonyl (C=O) groups is 2. The summed E-state index contributed by atoms with van der Waals surface area (Å²) in [5.41, 5.74) is 2.65. The van der Waals surface area contributed by atoms with Crippen molar-refractivity contribution >= 4 is 11.9 Å². The average molecular weight is 407 g/mol. The molecular weight excluding hydrogens is 386 g/mol. The topological polar surface area (TPSA) is 116 Å². The lowest BCUT2D eigenvalue weighted by Gasteiger charge is -2.26. The van der Waals surface area contributed by atoms with E-state index in [0.717, 1.165) is 11.1 Å². The van der Waals surface area contributed by atoms with Crippen molar-refractivity contribution in [3.63, 3.8) is 0 Å². The van der Waals surface area contributed by atoms with Gasteiger partial charge in [0.1, 0.15) is 5.75 Å². The molecule has 8 heteroatoms. The Hall–Kier alpha value is -3.65. The Labute approximate surface area is 172 Å². The van der Waals surface area contributed by atoms with Crippen molar-refractivity contribution in [1.29, 1.82) is 0 Å². The normalized spacial score (nSPS) is 18.4. The van der Waals surface area contributed by atoms with Crippen LogP contribution in [-0.4, -0.2) is 56.9 Å². The minimum absolute atomic E-state index is 0.127. The number of H-pyrrole nitrogens is 1. The Morgan fingerprint density at radius 3 is 2.73 bits per heavy atom. The van der Waals surface area contributed by atoms with E-state index in [1.807, 2.05) is 0 Å². The van der Waals surface area contributed by atoms with Gasteiger partial charge in [0.15, 0.2) is 0 Å². The molecule has 1 aromatic heterocycles. The van der Waals surface area contributed by atoms with Crippen LogP contribution in [0, 0.1) is 0 Å². The molecule has 0 bridgehead atoms. The lowest BCUT2D eigenvalue weighted by molar-refractivity contribution is 0.0674. The van der Waals surface area contributed by atoms with Crippen LogP contribution in [0.3, 0.4) is 0 Å². The summed E-state index contributed by atoms with van der Waals surface area (Å²) in [4.78, 5) is 26.5. The number of aromatic carboxylic acids is 1. The van der Waals surface area contributed by atoms with Gasteiger partial charge in [0, 0.05) is 29.4 Å². The van der Waals surface area contributed by atoms with Crippen LogP contribution in [0.5, 0.6) is 5.75 Å². The van der Waals surface area contributed by atoms with E-state index >= 15 is 0 Å². The number of aromatic amines is 1. The monoisotopic (exact) mass is 407 g/mol. The number of benzene rings is 2. The molecule has 2 atom stereocenters. The largest absolute Gasteiger partial charge is 0.496 e. The number of aromatic nitrogens is 2. The maximum atomic E-state index is 13.3. The zero-order valence-corrected chi connectivity index (χ0v) is 16.3. The van der Waals surface area contributed by atoms with Gasteiger partial charge in [0.25, 0.3) is 5.91 Å². The van der Waals surface area contributed by atoms with Crippen molar-refractivity contribution in [3.8, 4) is 16.9 Å². The van der Waals surface area contributed by atoms with E-state index in [1.165, 1.54) is 18.1 Å². The van der Waals surface area contributed by atoms with Crippen molar-refractivity contribution in [3.05, 3.63) is 71.5 Å². The summed E-state index contributed by atoms with van der Waals surface area (Å²) < 4.78 is 5.47. The zero-order chi connectivity index (χ0) is 21.3. The van der Waals surface area contributed by atoms with Gasteiger partial charge in [-0.15, -0.1) is 0 Å². The Balaban J connectivity index is 1.69. The van der Waals surface area contributed by atoms with E-state index in [4.69, 9.17) is 4.74 Å². The van der Waals surface area contributed by atoms with Crippen LogP contribution in [0.4, 0.5) is 0 Å². The Kier molecular flexibility index (Phi) is 5.24. The fourth-order valence-electron chi connectivity index (χ4n) is 3.94. The molecule has 3 aromatic rings. The minimum atomic E-state index is -1.06. The number of aliphatic hydroxyl groups is 1. The maximum absolute atomic E-state index is 13.3. The number of ether oxygens (including phenoxy) is 1. The Morgan fingerprint density at radius 2 is 2.03 bits per heavy atom. The van der Waals surface area contributed by atoms with Crippen LogP contribution in [0.2, 0.25) is 0 Å². The summed E-state index contributed by atoms with van der Waals surface area (Å²) in [7, 11) is 1.53. The van der Waals surface area contributed by atoms with E-state index < -0.39 is 18.1 Å². The van der Waals surface area contributed by atoms with Crippen LogP contribution < -0.4 is 4.74 Å². The quantitative estimate of drug-likeness (QED) is 0.599. The minimum Gasteiger partial charge on any atom is -0.496 e. The van der Waals surface area contributed by atoms with Crippen molar-refractivity contribution < 1.29 is 24.5 Å². The van der Waals surface area contributed by atoms with Crippen LogP contribution in [-0.2, 0) is 0 Å². The number of carbonyl (C=O) groups excluding carboxylic acids is 1. The molecule has 2 heterocycles. The van der Waals surface area contributed by atoms with Gasteiger partial charge < -0.3 is 19.8 Å². The highest BCUT2D eigenvalue weighted by molar-refractivity contribution is 5.96. The molecule has 1 fully saturated rings. The molecule has 154 valence electrons. The Bertz CT molecular complexity index is 1080. The number of carboxylic acids is 1. The summed E-state index contributed by atoms with van der Waals surface area (Å²) in [5, 5.41) is 26.5. The molecule has 0 spiro atoms. The summed E-state index contributed by atoms with van der Waals surface area (Å²) in [6.07, 6.45) is 2.94. The molecule has 1 amide bonds. The molecule has 1 unspecified atom stereocenters. The van der Waals surface area contributed by atoms with E-state index in [9.17, 15) is 19.8 Å². The predicted octanol–water partition coefficient (Wildman–Crippen LogP) is 2.73. The highest BCUT2D eigenvalue weighted by Crippen LogP contribution is 2.37. The first-order valence-corrected chi connectivity index (χ1v) is 9.48. The van der Waals surface area contributed by atoms with Crippen LogP contribution >= 0.6 is 0 Å². The fraction of sp³-hybridized carbons (Fsp3) is 0.227. The molecule has 30 heavy (non-hydrogen) atoms. The van der Waals surface area contributed by atoms with Crippen molar-refractivity contribution in [2.45, 2.75) is 18.6 Å². The summed E-state index contributed by atoms with van der Waals surface area (Å²) in [6.45, 7) is 0.128. The summed E-state index contributed by atoms with van der Waals surface area (Å²) in [5.74, 6) is -0.844. The molecule has 4 rings (SSSR count). The van der Waals surface area contributed by atoms with Crippen molar-refractivity contribution in [2.75, 3.05) is 13.7 Å². The molecule has 1 aliphatic rings. The number of nitrogens with zero attached hydrogens (tertiary/aromatic N) is 2. The smallest absolute Gasteiger partial charge is 0.336 e. The number of likely N-dealkylation sites (tertiary alicyclic amines) is 1. The highest BCUT2D eigenvalue weighted by Gasteiger charge is 2.37. The molecule has 0 aliphatic carbocycles. The number of hydrogen-bond donors (Lipinski definition) is 3. The predicted molar refractivity (Wildman–Crippen MR) is 108 cm³/mol. The molecule has 2 aromatic carbocycles. The van der Waals surface area contributed by atoms with Crippen molar-refractivity contribution in [2.24, 2.45) is 0 Å². The van der Waals surface area contributed by atoms with Crippen molar-refractivity contribution in [1.82, 2.24) is 15.1 Å². The standard InChI is InChI=1S/C22H21N3O5/c1-30-20-8-13(6-7-16(20)14-10-23-24-11-14)21(27)25-12-15(26)9-19(25)17-4-2-3-5-18(17)22(28)29/h2-8,10-11,15,19,26H,9,12H2,1H3,(H,23,24)(H,28,29)/t15?,19-/m1/s1. The first-order chi connectivity index (χ1) is 14.5. The molecule has 0 saturated carbocycles.